The Kier molecular flexibility index (Phi) is 5.08. The van der Waals surface area contributed by atoms with Gasteiger partial charge in [0.2, 0.25) is 0 Å². The van der Waals surface area contributed by atoms with E-state index in [-0.39, 0.29) is 5.56 Å². The van der Waals surface area contributed by atoms with Gasteiger partial charge in [0.15, 0.2) is 11.0 Å². The number of thioether (sulfide) groups is 1. The van der Waals surface area contributed by atoms with Gasteiger partial charge in [-0.05, 0) is 18.2 Å². The van der Waals surface area contributed by atoms with Gasteiger partial charge in [0.25, 0.3) is 0 Å². The second-order valence-corrected chi connectivity index (χ2v) is 6.22. The van der Waals surface area contributed by atoms with E-state index in [9.17, 15) is 9.18 Å². The van der Waals surface area contributed by atoms with Crippen LogP contribution in [0.2, 0.25) is 0 Å². The summed E-state index contributed by atoms with van der Waals surface area (Å²) < 4.78 is 20.7. The van der Waals surface area contributed by atoms with Crippen molar-refractivity contribution >= 4 is 17.7 Å². The minimum atomic E-state index is -0.879. The minimum absolute atomic E-state index is 0.241. The molecule has 8 heteroatoms. The van der Waals surface area contributed by atoms with Crippen molar-refractivity contribution in [3.63, 3.8) is 0 Å². The molecule has 128 valence electrons. The number of ether oxygens (including phenoxy) is 1. The molecule has 0 saturated heterocycles. The lowest BCUT2D eigenvalue weighted by Gasteiger charge is -2.14. The first kappa shape index (κ1) is 17.1. The predicted octanol–water partition coefficient (Wildman–Crippen LogP) is 3.02. The number of rotatable bonds is 5. The fourth-order valence-electron chi connectivity index (χ4n) is 2.30. The Morgan fingerprint density at radius 2 is 2.04 bits per heavy atom. The van der Waals surface area contributed by atoms with Crippen LogP contribution in [-0.2, 0) is 16.6 Å². The summed E-state index contributed by atoms with van der Waals surface area (Å²) in [5.74, 6) is -0.422. The van der Waals surface area contributed by atoms with E-state index in [2.05, 4.69) is 15.2 Å². The van der Waals surface area contributed by atoms with Crippen LogP contribution in [0.1, 0.15) is 10.8 Å². The number of nitrogens with zero attached hydrogens (tertiary/aromatic N) is 4. The van der Waals surface area contributed by atoms with E-state index in [1.807, 2.05) is 6.07 Å². The molecular weight excluding hydrogens is 343 g/mol. The average molecular weight is 358 g/mol. The van der Waals surface area contributed by atoms with Gasteiger partial charge in [-0.15, -0.1) is 10.2 Å². The predicted molar refractivity (Wildman–Crippen MR) is 91.2 cm³/mol. The van der Waals surface area contributed by atoms with Gasteiger partial charge in [0.05, 0.1) is 7.11 Å². The van der Waals surface area contributed by atoms with Crippen LogP contribution in [0.3, 0.4) is 0 Å². The first-order valence-corrected chi connectivity index (χ1v) is 8.28. The Labute approximate surface area is 148 Å². The molecule has 3 aromatic rings. The number of methoxy groups -OCH3 is 1. The number of pyridine rings is 1. The Morgan fingerprint density at radius 1 is 1.24 bits per heavy atom. The van der Waals surface area contributed by atoms with E-state index in [1.54, 1.807) is 48.3 Å². The standard InChI is InChI=1S/C17H15FN4O2S/c1-22-15(11-6-5-9-19-10-11)20-21-17(22)25-14(16(23)24-2)12-7-3-4-8-13(12)18/h3-10,14H,1-2H3. The molecule has 0 amide bonds. The molecule has 6 nitrogen and oxygen atoms in total. The minimum Gasteiger partial charge on any atom is -0.468 e. The molecular formula is C17H15FN4O2S. The maximum Gasteiger partial charge on any atom is 0.323 e. The molecule has 1 unspecified atom stereocenters. The first-order valence-electron chi connectivity index (χ1n) is 7.40. The second-order valence-electron chi connectivity index (χ2n) is 5.15. The SMILES string of the molecule is COC(=O)C(Sc1nnc(-c2cccnc2)n1C)c1ccccc1F. The van der Waals surface area contributed by atoms with E-state index in [0.29, 0.717) is 11.0 Å². The summed E-state index contributed by atoms with van der Waals surface area (Å²) in [6.07, 6.45) is 3.34. The fraction of sp³-hybridized carbons (Fsp3) is 0.176. The van der Waals surface area contributed by atoms with Gasteiger partial charge < -0.3 is 9.30 Å². The highest BCUT2D eigenvalue weighted by Gasteiger charge is 2.28. The van der Waals surface area contributed by atoms with Crippen LogP contribution in [0.4, 0.5) is 4.39 Å². The van der Waals surface area contributed by atoms with Gasteiger partial charge in [0.1, 0.15) is 11.1 Å². The van der Waals surface area contributed by atoms with E-state index >= 15 is 0 Å². The second kappa shape index (κ2) is 7.43. The van der Waals surface area contributed by atoms with Gasteiger partial charge in [-0.25, -0.2) is 4.39 Å². The van der Waals surface area contributed by atoms with E-state index < -0.39 is 17.0 Å². The normalized spacial score (nSPS) is 12.0. The highest BCUT2D eigenvalue weighted by Crippen LogP contribution is 2.37. The van der Waals surface area contributed by atoms with E-state index in [0.717, 1.165) is 17.3 Å². The Bertz CT molecular complexity index is 885. The van der Waals surface area contributed by atoms with Crippen molar-refractivity contribution in [1.82, 2.24) is 19.7 Å². The lowest BCUT2D eigenvalue weighted by Crippen LogP contribution is -2.13. The monoisotopic (exact) mass is 358 g/mol. The molecule has 0 N–H and O–H groups in total. The lowest BCUT2D eigenvalue weighted by atomic mass is 10.1. The van der Waals surface area contributed by atoms with Crippen LogP contribution in [0.25, 0.3) is 11.4 Å². The zero-order chi connectivity index (χ0) is 17.8. The van der Waals surface area contributed by atoms with Crippen LogP contribution in [0.15, 0.2) is 53.9 Å². The number of aromatic nitrogens is 4. The molecule has 0 radical (unpaired) electrons. The largest absolute Gasteiger partial charge is 0.468 e. The Morgan fingerprint density at radius 3 is 2.72 bits per heavy atom. The van der Waals surface area contributed by atoms with E-state index in [4.69, 9.17) is 4.74 Å². The summed E-state index contributed by atoms with van der Waals surface area (Å²) in [7, 11) is 3.05. The van der Waals surface area contributed by atoms with E-state index in [1.165, 1.54) is 13.2 Å². The summed E-state index contributed by atoms with van der Waals surface area (Å²) >= 11 is 1.09. The Balaban J connectivity index is 1.95. The maximum absolute atomic E-state index is 14.1. The van der Waals surface area contributed by atoms with Crippen molar-refractivity contribution < 1.29 is 13.9 Å². The molecule has 1 aromatic carbocycles. The third-order valence-electron chi connectivity index (χ3n) is 3.58. The van der Waals surface area contributed by atoms with Crippen molar-refractivity contribution in [3.05, 3.63) is 60.2 Å². The number of esters is 1. The molecule has 2 heterocycles. The van der Waals surface area contributed by atoms with Gasteiger partial charge in [0, 0.05) is 30.6 Å². The van der Waals surface area contributed by atoms with Crippen molar-refractivity contribution in [2.75, 3.05) is 7.11 Å². The molecule has 0 aliphatic carbocycles. The third kappa shape index (κ3) is 3.53. The highest BCUT2D eigenvalue weighted by molar-refractivity contribution is 8.00. The molecule has 0 saturated carbocycles. The average Bonchev–Trinajstić information content (AvgIpc) is 3.01. The summed E-state index contributed by atoms with van der Waals surface area (Å²) in [5, 5.41) is 7.86. The van der Waals surface area contributed by atoms with Crippen molar-refractivity contribution in [2.24, 2.45) is 7.05 Å². The first-order chi connectivity index (χ1) is 12.1. The Hall–Kier alpha value is -2.74. The molecule has 25 heavy (non-hydrogen) atoms. The highest BCUT2D eigenvalue weighted by atomic mass is 32.2. The van der Waals surface area contributed by atoms with Gasteiger partial charge in [-0.3, -0.25) is 9.78 Å². The summed E-state index contributed by atoms with van der Waals surface area (Å²) in [4.78, 5) is 16.2. The zero-order valence-corrected chi connectivity index (χ0v) is 14.4. The number of carbonyl (C=O) groups is 1. The smallest absolute Gasteiger partial charge is 0.323 e. The number of hydrogen-bond donors (Lipinski definition) is 0. The quantitative estimate of drug-likeness (QED) is 0.516. The van der Waals surface area contributed by atoms with Crippen LogP contribution in [0, 0.1) is 5.82 Å². The number of carbonyl (C=O) groups excluding carboxylic acids is 1. The van der Waals surface area contributed by atoms with Crippen LogP contribution >= 0.6 is 11.8 Å². The molecule has 0 spiro atoms. The molecule has 2 aromatic heterocycles. The summed E-state index contributed by atoms with van der Waals surface area (Å²) in [6.45, 7) is 0. The summed E-state index contributed by atoms with van der Waals surface area (Å²) in [6, 6.07) is 9.77. The van der Waals surface area contributed by atoms with Crippen LogP contribution < -0.4 is 0 Å². The van der Waals surface area contributed by atoms with Crippen molar-refractivity contribution in [2.45, 2.75) is 10.4 Å². The molecule has 3 rings (SSSR count). The zero-order valence-electron chi connectivity index (χ0n) is 13.6. The summed E-state index contributed by atoms with van der Waals surface area (Å²) in [5.41, 5.74) is 1.04. The third-order valence-corrected chi connectivity index (χ3v) is 4.83. The molecule has 0 bridgehead atoms. The number of hydrogen-bond acceptors (Lipinski definition) is 6. The fourth-order valence-corrected chi connectivity index (χ4v) is 3.36. The van der Waals surface area contributed by atoms with Gasteiger partial charge >= 0.3 is 5.97 Å². The molecule has 0 fully saturated rings. The van der Waals surface area contributed by atoms with Crippen molar-refractivity contribution in [3.8, 4) is 11.4 Å². The van der Waals surface area contributed by atoms with Crippen molar-refractivity contribution in [1.29, 1.82) is 0 Å². The maximum atomic E-state index is 14.1. The molecule has 0 aliphatic rings. The van der Waals surface area contributed by atoms with Gasteiger partial charge in [-0.1, -0.05) is 30.0 Å². The number of halogens is 1. The lowest BCUT2D eigenvalue weighted by molar-refractivity contribution is -0.140. The van der Waals surface area contributed by atoms with Crippen LogP contribution in [-0.4, -0.2) is 32.8 Å². The topological polar surface area (TPSA) is 69.9 Å². The molecule has 1 atom stereocenters. The molecule has 0 aliphatic heterocycles. The van der Waals surface area contributed by atoms with Crippen LogP contribution in [0.5, 0.6) is 0 Å². The van der Waals surface area contributed by atoms with Gasteiger partial charge in [-0.2, -0.15) is 0 Å². The number of benzene rings is 1.